The summed E-state index contributed by atoms with van der Waals surface area (Å²) >= 11 is 0. The first kappa shape index (κ1) is 24.2. The number of halogens is 1. The molecule has 3 aromatic rings. The van der Waals surface area contributed by atoms with E-state index in [1.807, 2.05) is 50.1 Å². The van der Waals surface area contributed by atoms with Gasteiger partial charge < -0.3 is 24.4 Å². The molecule has 1 amide bonds. The Kier molecular flexibility index (Phi) is 6.42. The lowest BCUT2D eigenvalue weighted by molar-refractivity contribution is -0.0216. The molecule has 1 N–H and O–H groups in total. The highest BCUT2D eigenvalue weighted by molar-refractivity contribution is 5.76. The van der Waals surface area contributed by atoms with Crippen LogP contribution in [0.2, 0.25) is 0 Å². The zero-order chi connectivity index (χ0) is 25.4. The average molecular weight is 499 g/mol. The van der Waals surface area contributed by atoms with Gasteiger partial charge in [-0.1, -0.05) is 26.8 Å². The minimum absolute atomic E-state index is 0.145. The molecule has 0 spiro atoms. The summed E-state index contributed by atoms with van der Waals surface area (Å²) in [5, 5.41) is 14.2. The Balaban J connectivity index is 1.59. The number of carbonyl (C=O) groups is 1. The maximum absolute atomic E-state index is 15.9. The third-order valence-electron chi connectivity index (χ3n) is 6.75. The average Bonchev–Trinajstić information content (AvgIpc) is 3.29. The SMILES string of the molecule is CC(C)(C)C1[C@H](Oc2nc(-c3cnn4ccccc34)nc(N3CCOCC3)c2F)CCCN1C(=O)O. The number of aromatic nitrogens is 4. The first-order valence-corrected chi connectivity index (χ1v) is 12.2. The summed E-state index contributed by atoms with van der Waals surface area (Å²) in [6, 6.07) is 5.18. The number of hydrogen-bond acceptors (Lipinski definition) is 7. The Hall–Kier alpha value is -3.47. The molecule has 1 unspecified atom stereocenters. The van der Waals surface area contributed by atoms with E-state index in [-0.39, 0.29) is 11.7 Å². The second kappa shape index (κ2) is 9.53. The monoisotopic (exact) mass is 498 g/mol. The normalized spacial score (nSPS) is 21.1. The molecule has 0 radical (unpaired) electrons. The fraction of sp³-hybridized carbons (Fsp3) is 0.520. The van der Waals surface area contributed by atoms with Crippen molar-refractivity contribution in [2.75, 3.05) is 37.7 Å². The number of fused-ring (bicyclic) bond motifs is 1. The van der Waals surface area contributed by atoms with Crippen molar-refractivity contribution in [2.24, 2.45) is 5.41 Å². The van der Waals surface area contributed by atoms with Gasteiger partial charge in [-0.2, -0.15) is 14.5 Å². The highest BCUT2D eigenvalue weighted by Gasteiger charge is 2.44. The van der Waals surface area contributed by atoms with Gasteiger partial charge in [-0.05, 0) is 30.4 Å². The lowest BCUT2D eigenvalue weighted by Gasteiger charge is -2.46. The maximum atomic E-state index is 15.9. The van der Waals surface area contributed by atoms with Crippen LogP contribution in [0.15, 0.2) is 30.6 Å². The van der Waals surface area contributed by atoms with Gasteiger partial charge in [-0.3, -0.25) is 0 Å². The Morgan fingerprint density at radius 2 is 1.97 bits per heavy atom. The van der Waals surface area contributed by atoms with Gasteiger partial charge in [0.25, 0.3) is 5.88 Å². The van der Waals surface area contributed by atoms with Crippen LogP contribution in [0.4, 0.5) is 15.0 Å². The van der Waals surface area contributed by atoms with Gasteiger partial charge in [0.2, 0.25) is 5.82 Å². The second-order valence-corrected chi connectivity index (χ2v) is 10.3. The van der Waals surface area contributed by atoms with Crippen molar-refractivity contribution >= 4 is 17.4 Å². The Morgan fingerprint density at radius 1 is 1.19 bits per heavy atom. The second-order valence-electron chi connectivity index (χ2n) is 10.3. The largest absolute Gasteiger partial charge is 0.470 e. The number of morpholine rings is 1. The molecule has 192 valence electrons. The summed E-state index contributed by atoms with van der Waals surface area (Å²) in [6.07, 6.45) is 3.11. The van der Waals surface area contributed by atoms with Gasteiger partial charge in [-0.15, -0.1) is 0 Å². The number of pyridine rings is 1. The number of nitrogens with zero attached hydrogens (tertiary/aromatic N) is 6. The van der Waals surface area contributed by atoms with Crippen LogP contribution >= 0.6 is 0 Å². The van der Waals surface area contributed by atoms with Crippen LogP contribution in [0.3, 0.4) is 0 Å². The summed E-state index contributed by atoms with van der Waals surface area (Å²) in [5.41, 5.74) is 1.01. The van der Waals surface area contributed by atoms with E-state index >= 15 is 4.39 Å². The molecular formula is C25H31FN6O4. The molecule has 2 aliphatic heterocycles. The molecule has 10 nitrogen and oxygen atoms in total. The minimum atomic E-state index is -1.01. The zero-order valence-corrected chi connectivity index (χ0v) is 20.7. The summed E-state index contributed by atoms with van der Waals surface area (Å²) in [5.74, 6) is -0.389. The van der Waals surface area contributed by atoms with Gasteiger partial charge in [0.1, 0.15) is 6.10 Å². The summed E-state index contributed by atoms with van der Waals surface area (Å²) in [6.45, 7) is 8.22. The van der Waals surface area contributed by atoms with Crippen LogP contribution < -0.4 is 9.64 Å². The molecule has 2 saturated heterocycles. The van der Waals surface area contributed by atoms with Crippen LogP contribution in [0.5, 0.6) is 5.88 Å². The molecule has 2 aliphatic rings. The molecule has 0 saturated carbocycles. The molecule has 0 bridgehead atoms. The van der Waals surface area contributed by atoms with Crippen molar-refractivity contribution in [3.63, 3.8) is 0 Å². The molecule has 5 heterocycles. The van der Waals surface area contributed by atoms with E-state index in [0.717, 1.165) is 5.52 Å². The van der Waals surface area contributed by atoms with E-state index in [1.54, 1.807) is 10.7 Å². The van der Waals surface area contributed by atoms with Crippen LogP contribution in [-0.2, 0) is 4.74 Å². The molecule has 11 heteroatoms. The summed E-state index contributed by atoms with van der Waals surface area (Å²) in [4.78, 5) is 24.4. The first-order chi connectivity index (χ1) is 17.2. The fourth-order valence-electron chi connectivity index (χ4n) is 5.17. The topological polar surface area (TPSA) is 105 Å². The number of amides is 1. The predicted octanol–water partition coefficient (Wildman–Crippen LogP) is 3.70. The quantitative estimate of drug-likeness (QED) is 0.581. The van der Waals surface area contributed by atoms with Gasteiger partial charge in [0.15, 0.2) is 11.6 Å². The van der Waals surface area contributed by atoms with Crippen LogP contribution in [0.1, 0.15) is 33.6 Å². The number of ether oxygens (including phenoxy) is 2. The third-order valence-corrected chi connectivity index (χ3v) is 6.75. The number of carboxylic acid groups (broad SMARTS) is 1. The molecule has 3 aromatic heterocycles. The van der Waals surface area contributed by atoms with E-state index in [0.29, 0.717) is 57.1 Å². The van der Waals surface area contributed by atoms with E-state index in [2.05, 4.69) is 15.1 Å². The van der Waals surface area contributed by atoms with Gasteiger partial charge >= 0.3 is 6.09 Å². The van der Waals surface area contributed by atoms with E-state index in [1.165, 1.54) is 4.90 Å². The minimum Gasteiger partial charge on any atom is -0.470 e. The lowest BCUT2D eigenvalue weighted by Crippen LogP contribution is -2.58. The number of rotatable bonds is 4. The molecule has 2 atom stereocenters. The van der Waals surface area contributed by atoms with Gasteiger partial charge in [0, 0.05) is 25.8 Å². The van der Waals surface area contributed by atoms with Crippen molar-refractivity contribution in [3.05, 3.63) is 36.4 Å². The Bertz CT molecular complexity index is 1250. The highest BCUT2D eigenvalue weighted by Crippen LogP contribution is 2.37. The van der Waals surface area contributed by atoms with Gasteiger partial charge in [0.05, 0.1) is 36.5 Å². The van der Waals surface area contributed by atoms with Crippen LogP contribution in [0.25, 0.3) is 16.9 Å². The Labute approximate surface area is 208 Å². The number of piperidine rings is 1. The standard InChI is InChI=1S/C25H31FN6O4/c1-25(2,3)20-18(8-6-9-31(20)24(33)34)36-23-19(26)22(30-11-13-35-14-12-30)28-21(29-23)16-15-27-32-10-5-4-7-17(16)32/h4-5,7,10,15,18,20H,6,8-9,11-14H2,1-3H3,(H,33,34)/t18-,20?/m1/s1. The zero-order valence-electron chi connectivity index (χ0n) is 20.7. The van der Waals surface area contributed by atoms with Crippen molar-refractivity contribution < 1.29 is 23.8 Å². The molecule has 0 aromatic carbocycles. The highest BCUT2D eigenvalue weighted by atomic mass is 19.1. The molecule has 2 fully saturated rings. The molecule has 0 aliphatic carbocycles. The van der Waals surface area contributed by atoms with Gasteiger partial charge in [-0.25, -0.2) is 14.3 Å². The van der Waals surface area contributed by atoms with Crippen LogP contribution in [0, 0.1) is 11.2 Å². The maximum Gasteiger partial charge on any atom is 0.407 e. The molecule has 36 heavy (non-hydrogen) atoms. The smallest absolute Gasteiger partial charge is 0.407 e. The summed E-state index contributed by atoms with van der Waals surface area (Å²) in [7, 11) is 0. The van der Waals surface area contributed by atoms with Crippen molar-refractivity contribution in [2.45, 2.75) is 45.8 Å². The van der Waals surface area contributed by atoms with Crippen molar-refractivity contribution in [1.82, 2.24) is 24.5 Å². The molecular weight excluding hydrogens is 467 g/mol. The first-order valence-electron chi connectivity index (χ1n) is 12.2. The predicted molar refractivity (Wildman–Crippen MR) is 131 cm³/mol. The van der Waals surface area contributed by atoms with E-state index in [4.69, 9.17) is 9.47 Å². The van der Waals surface area contributed by atoms with Crippen LogP contribution in [-0.4, -0.2) is 80.7 Å². The van der Waals surface area contributed by atoms with E-state index < -0.39 is 29.5 Å². The summed E-state index contributed by atoms with van der Waals surface area (Å²) < 4.78 is 29.4. The van der Waals surface area contributed by atoms with Crippen molar-refractivity contribution in [1.29, 1.82) is 0 Å². The van der Waals surface area contributed by atoms with E-state index in [9.17, 15) is 9.90 Å². The Morgan fingerprint density at radius 3 is 2.69 bits per heavy atom. The number of anilines is 1. The third kappa shape index (κ3) is 4.55. The lowest BCUT2D eigenvalue weighted by atomic mass is 9.79. The fourth-order valence-corrected chi connectivity index (χ4v) is 5.17. The van der Waals surface area contributed by atoms with Crippen molar-refractivity contribution in [3.8, 4) is 17.3 Å². The number of hydrogen-bond donors (Lipinski definition) is 1. The molecule has 5 rings (SSSR count). The number of likely N-dealkylation sites (tertiary alicyclic amines) is 1.